The van der Waals surface area contributed by atoms with E-state index < -0.39 is 0 Å². The maximum atomic E-state index is 11.2. The third-order valence-corrected chi connectivity index (χ3v) is 3.61. The van der Waals surface area contributed by atoms with Crippen molar-refractivity contribution in [3.8, 4) is 0 Å². The molecule has 0 radical (unpaired) electrons. The second-order valence-corrected chi connectivity index (χ2v) is 4.78. The van der Waals surface area contributed by atoms with Crippen molar-refractivity contribution in [1.82, 2.24) is 4.90 Å². The van der Waals surface area contributed by atoms with Crippen molar-refractivity contribution in [3.63, 3.8) is 0 Å². The minimum atomic E-state index is 0.332. The number of hydrogen-bond donors (Lipinski definition) is 0. The van der Waals surface area contributed by atoms with Gasteiger partial charge in [0.1, 0.15) is 5.78 Å². The average Bonchev–Trinajstić information content (AvgIpc) is 2.66. The molecule has 86 valence electrons. The molecule has 2 fully saturated rings. The molecule has 0 bridgehead atoms. The molecule has 0 amide bonds. The SMILES string of the molecule is CC(=O)CC1CCCN1C1CCOCC1. The van der Waals surface area contributed by atoms with Gasteiger partial charge >= 0.3 is 0 Å². The molecule has 0 aromatic carbocycles. The molecule has 2 aliphatic heterocycles. The molecule has 1 atom stereocenters. The van der Waals surface area contributed by atoms with Crippen LogP contribution < -0.4 is 0 Å². The predicted molar refractivity (Wildman–Crippen MR) is 58.9 cm³/mol. The highest BCUT2D eigenvalue weighted by molar-refractivity contribution is 5.76. The summed E-state index contributed by atoms with van der Waals surface area (Å²) < 4.78 is 5.38. The Balaban J connectivity index is 1.91. The fourth-order valence-corrected chi connectivity index (χ4v) is 2.91. The minimum absolute atomic E-state index is 0.332. The fourth-order valence-electron chi connectivity index (χ4n) is 2.91. The normalized spacial score (nSPS) is 29.5. The van der Waals surface area contributed by atoms with Crippen LogP contribution in [0, 0.1) is 0 Å². The van der Waals surface area contributed by atoms with Gasteiger partial charge in [-0.1, -0.05) is 0 Å². The molecule has 0 aliphatic carbocycles. The lowest BCUT2D eigenvalue weighted by Gasteiger charge is -2.35. The van der Waals surface area contributed by atoms with Crippen LogP contribution in [0.1, 0.15) is 39.0 Å². The van der Waals surface area contributed by atoms with E-state index in [1.807, 2.05) is 0 Å². The fraction of sp³-hybridized carbons (Fsp3) is 0.917. The van der Waals surface area contributed by atoms with Gasteiger partial charge in [0.25, 0.3) is 0 Å². The largest absolute Gasteiger partial charge is 0.381 e. The summed E-state index contributed by atoms with van der Waals surface area (Å²) in [4.78, 5) is 13.7. The Labute approximate surface area is 91.8 Å². The summed E-state index contributed by atoms with van der Waals surface area (Å²) in [6.07, 6.45) is 5.51. The third kappa shape index (κ3) is 2.79. The smallest absolute Gasteiger partial charge is 0.131 e. The number of rotatable bonds is 3. The zero-order valence-corrected chi connectivity index (χ0v) is 9.58. The second-order valence-electron chi connectivity index (χ2n) is 4.78. The molecule has 0 aromatic heterocycles. The first kappa shape index (κ1) is 11.1. The van der Waals surface area contributed by atoms with Crippen LogP contribution >= 0.6 is 0 Å². The first-order valence-electron chi connectivity index (χ1n) is 6.10. The van der Waals surface area contributed by atoms with Crippen LogP contribution in [0.4, 0.5) is 0 Å². The summed E-state index contributed by atoms with van der Waals surface area (Å²) in [7, 11) is 0. The van der Waals surface area contributed by atoms with Gasteiger partial charge in [-0.3, -0.25) is 9.69 Å². The summed E-state index contributed by atoms with van der Waals surface area (Å²) in [6, 6.07) is 1.19. The first-order chi connectivity index (χ1) is 7.27. The van der Waals surface area contributed by atoms with E-state index in [4.69, 9.17) is 4.74 Å². The highest BCUT2D eigenvalue weighted by atomic mass is 16.5. The number of nitrogens with zero attached hydrogens (tertiary/aromatic N) is 1. The van der Waals surface area contributed by atoms with Gasteiger partial charge in [0.05, 0.1) is 0 Å². The third-order valence-electron chi connectivity index (χ3n) is 3.61. The van der Waals surface area contributed by atoms with E-state index >= 15 is 0 Å². The molecule has 2 saturated heterocycles. The van der Waals surface area contributed by atoms with E-state index in [9.17, 15) is 4.79 Å². The Morgan fingerprint density at radius 3 is 2.73 bits per heavy atom. The number of ether oxygens (including phenoxy) is 1. The van der Waals surface area contributed by atoms with Gasteiger partial charge in [0, 0.05) is 31.7 Å². The van der Waals surface area contributed by atoms with Crippen LogP contribution in [0.3, 0.4) is 0 Å². The highest BCUT2D eigenvalue weighted by Crippen LogP contribution is 2.27. The molecule has 15 heavy (non-hydrogen) atoms. The molecule has 2 aliphatic rings. The van der Waals surface area contributed by atoms with Gasteiger partial charge in [-0.05, 0) is 39.2 Å². The van der Waals surface area contributed by atoms with Crippen LogP contribution in [0.15, 0.2) is 0 Å². The quantitative estimate of drug-likeness (QED) is 0.710. The molecule has 3 nitrogen and oxygen atoms in total. The van der Waals surface area contributed by atoms with Crippen LogP contribution in [0.5, 0.6) is 0 Å². The lowest BCUT2D eigenvalue weighted by Crippen LogP contribution is -2.42. The molecule has 2 heterocycles. The van der Waals surface area contributed by atoms with E-state index in [-0.39, 0.29) is 0 Å². The average molecular weight is 211 g/mol. The Morgan fingerprint density at radius 1 is 1.33 bits per heavy atom. The van der Waals surface area contributed by atoms with Crippen molar-refractivity contribution in [3.05, 3.63) is 0 Å². The molecule has 1 unspecified atom stereocenters. The van der Waals surface area contributed by atoms with E-state index in [1.165, 1.54) is 19.4 Å². The van der Waals surface area contributed by atoms with Crippen molar-refractivity contribution in [1.29, 1.82) is 0 Å². The van der Waals surface area contributed by atoms with Gasteiger partial charge in [-0.15, -0.1) is 0 Å². The van der Waals surface area contributed by atoms with Crippen LogP contribution in [0.2, 0.25) is 0 Å². The first-order valence-corrected chi connectivity index (χ1v) is 6.10. The van der Waals surface area contributed by atoms with Gasteiger partial charge in [0.2, 0.25) is 0 Å². The lowest BCUT2D eigenvalue weighted by molar-refractivity contribution is -0.118. The Kier molecular flexibility index (Phi) is 3.76. The number of ketones is 1. The predicted octanol–water partition coefficient (Wildman–Crippen LogP) is 1.61. The Bertz CT molecular complexity index is 224. The van der Waals surface area contributed by atoms with E-state index in [2.05, 4.69) is 4.90 Å². The van der Waals surface area contributed by atoms with Crippen molar-refractivity contribution in [2.75, 3.05) is 19.8 Å². The van der Waals surface area contributed by atoms with Crippen molar-refractivity contribution in [2.45, 2.75) is 51.1 Å². The van der Waals surface area contributed by atoms with Gasteiger partial charge in [0.15, 0.2) is 0 Å². The summed E-state index contributed by atoms with van der Waals surface area (Å²) >= 11 is 0. The van der Waals surface area contributed by atoms with Gasteiger partial charge in [-0.25, -0.2) is 0 Å². The van der Waals surface area contributed by atoms with Crippen LogP contribution in [-0.4, -0.2) is 42.5 Å². The van der Waals surface area contributed by atoms with Crippen LogP contribution in [-0.2, 0) is 9.53 Å². The number of carbonyl (C=O) groups excluding carboxylic acids is 1. The van der Waals surface area contributed by atoms with Gasteiger partial charge in [-0.2, -0.15) is 0 Å². The van der Waals surface area contributed by atoms with E-state index in [1.54, 1.807) is 6.92 Å². The van der Waals surface area contributed by atoms with Crippen molar-refractivity contribution >= 4 is 5.78 Å². The lowest BCUT2D eigenvalue weighted by atomic mass is 10.0. The van der Waals surface area contributed by atoms with E-state index in [0.717, 1.165) is 32.5 Å². The number of likely N-dealkylation sites (tertiary alicyclic amines) is 1. The minimum Gasteiger partial charge on any atom is -0.381 e. The summed E-state index contributed by atoms with van der Waals surface area (Å²) in [5.74, 6) is 0.332. The summed E-state index contributed by atoms with van der Waals surface area (Å²) in [5.41, 5.74) is 0. The summed E-state index contributed by atoms with van der Waals surface area (Å²) in [6.45, 7) is 4.69. The molecule has 2 rings (SSSR count). The maximum Gasteiger partial charge on any atom is 0.131 e. The molecule has 0 spiro atoms. The molecule has 0 saturated carbocycles. The second kappa shape index (κ2) is 5.08. The Hall–Kier alpha value is -0.410. The highest BCUT2D eigenvalue weighted by Gasteiger charge is 2.31. The maximum absolute atomic E-state index is 11.2. The molecule has 0 N–H and O–H groups in total. The molecular weight excluding hydrogens is 190 g/mol. The molecular formula is C12H21NO2. The number of carbonyl (C=O) groups is 1. The zero-order valence-electron chi connectivity index (χ0n) is 9.58. The van der Waals surface area contributed by atoms with E-state index in [0.29, 0.717) is 17.9 Å². The monoisotopic (exact) mass is 211 g/mol. The Morgan fingerprint density at radius 2 is 2.07 bits per heavy atom. The van der Waals surface area contributed by atoms with Gasteiger partial charge < -0.3 is 4.74 Å². The van der Waals surface area contributed by atoms with Crippen LogP contribution in [0.25, 0.3) is 0 Å². The van der Waals surface area contributed by atoms with Crippen molar-refractivity contribution < 1.29 is 9.53 Å². The molecule has 0 aromatic rings. The number of hydrogen-bond acceptors (Lipinski definition) is 3. The summed E-state index contributed by atoms with van der Waals surface area (Å²) in [5, 5.41) is 0. The van der Waals surface area contributed by atoms with Crippen molar-refractivity contribution in [2.24, 2.45) is 0 Å². The molecule has 3 heteroatoms. The zero-order chi connectivity index (χ0) is 10.7. The number of Topliss-reactive ketones (excluding diaryl/α,β-unsaturated/α-hetero) is 1. The standard InChI is InChI=1S/C12H21NO2/c1-10(14)9-12-3-2-6-13(12)11-4-7-15-8-5-11/h11-12H,2-9H2,1H3. The topological polar surface area (TPSA) is 29.5 Å².